The molecule has 2 atom stereocenters. The summed E-state index contributed by atoms with van der Waals surface area (Å²) < 4.78 is 0. The molecule has 2 unspecified atom stereocenters. The van der Waals surface area contributed by atoms with Crippen molar-refractivity contribution in [1.29, 1.82) is 0 Å². The van der Waals surface area contributed by atoms with Gasteiger partial charge in [0, 0.05) is 0 Å². The molecule has 0 aromatic carbocycles. The molecule has 4 nitrogen and oxygen atoms in total. The van der Waals surface area contributed by atoms with Crippen LogP contribution in [0, 0.1) is 0 Å². The third kappa shape index (κ3) is 1.59. The average molecular weight is 178 g/mol. The van der Waals surface area contributed by atoms with Crippen molar-refractivity contribution in [3.63, 3.8) is 0 Å². The van der Waals surface area contributed by atoms with Crippen molar-refractivity contribution in [2.45, 2.75) is 6.42 Å². The largest absolute Gasteiger partial charge is 0.264 e. The zero-order valence-corrected chi connectivity index (χ0v) is 7.91. The smallest absolute Gasteiger partial charge is 0.217 e. The van der Waals surface area contributed by atoms with Crippen LogP contribution in [-0.2, 0) is 0 Å². The van der Waals surface area contributed by atoms with E-state index in [4.69, 9.17) is 0 Å². The minimum Gasteiger partial charge on any atom is -0.264 e. The molecule has 2 aliphatic rings. The molecule has 0 aliphatic carbocycles. The van der Waals surface area contributed by atoms with Gasteiger partial charge >= 0.3 is 0 Å². The molecule has 0 radical (unpaired) electrons. The molecule has 2 heterocycles. The predicted octanol–water partition coefficient (Wildman–Crippen LogP) is -1.83. The first-order valence-corrected chi connectivity index (χ1v) is 4.41. The molecule has 68 valence electrons. The second-order valence-corrected chi connectivity index (χ2v) is 3.33. The third-order valence-corrected chi connectivity index (χ3v) is 2.36. The Morgan fingerprint density at radius 3 is 1.77 bits per heavy atom. The second kappa shape index (κ2) is 3.24. The van der Waals surface area contributed by atoms with Gasteiger partial charge in [-0.1, -0.05) is 0 Å². The summed E-state index contributed by atoms with van der Waals surface area (Å²) in [5, 5.41) is 0. The zero-order chi connectivity index (χ0) is 9.26. The van der Waals surface area contributed by atoms with Gasteiger partial charge in [-0.05, 0) is 0 Å². The van der Waals surface area contributed by atoms with E-state index in [0.29, 0.717) is 0 Å². The van der Waals surface area contributed by atoms with Gasteiger partial charge in [-0.2, -0.15) is 0 Å². The van der Waals surface area contributed by atoms with E-state index >= 15 is 0 Å². The molecular formula is C9H14N4+2. The molecule has 4 heteroatoms. The molecule has 0 fully saturated rings. The van der Waals surface area contributed by atoms with E-state index in [0.717, 1.165) is 18.1 Å². The molecular weight excluding hydrogens is 164 g/mol. The van der Waals surface area contributed by atoms with Crippen molar-refractivity contribution in [3.8, 4) is 0 Å². The summed E-state index contributed by atoms with van der Waals surface area (Å²) in [6.45, 7) is 0. The lowest BCUT2D eigenvalue weighted by Gasteiger charge is -2.07. The van der Waals surface area contributed by atoms with Gasteiger partial charge in [0.1, 0.15) is 18.8 Å². The molecule has 2 rings (SSSR count). The van der Waals surface area contributed by atoms with E-state index in [1.807, 2.05) is 24.8 Å². The van der Waals surface area contributed by atoms with Crippen molar-refractivity contribution in [3.05, 3.63) is 24.8 Å². The molecule has 13 heavy (non-hydrogen) atoms. The predicted molar refractivity (Wildman–Crippen MR) is 51.5 cm³/mol. The highest BCUT2D eigenvalue weighted by Gasteiger charge is 2.23. The van der Waals surface area contributed by atoms with Gasteiger partial charge in [0.05, 0.1) is 26.5 Å². The maximum atomic E-state index is 4.29. The van der Waals surface area contributed by atoms with E-state index < -0.39 is 0 Å². The van der Waals surface area contributed by atoms with Crippen molar-refractivity contribution < 1.29 is 9.80 Å². The fourth-order valence-electron chi connectivity index (χ4n) is 1.40. The molecule has 2 aliphatic heterocycles. The highest BCUT2D eigenvalue weighted by molar-refractivity contribution is 5.96. The molecule has 0 aromatic rings. The summed E-state index contributed by atoms with van der Waals surface area (Å²) in [6.07, 6.45) is 8.63. The third-order valence-electron chi connectivity index (χ3n) is 2.36. The number of aliphatic imine (C=N–C) groups is 2. The lowest BCUT2D eigenvalue weighted by molar-refractivity contribution is -0.728. The summed E-state index contributed by atoms with van der Waals surface area (Å²) in [5.74, 6) is 2.28. The van der Waals surface area contributed by atoms with Crippen LogP contribution in [0.3, 0.4) is 0 Å². The lowest BCUT2D eigenvalue weighted by atomic mass is 10.3. The van der Waals surface area contributed by atoms with Crippen LogP contribution in [0.15, 0.2) is 34.8 Å². The highest BCUT2D eigenvalue weighted by Crippen LogP contribution is 1.90. The van der Waals surface area contributed by atoms with Crippen LogP contribution in [-0.4, -0.2) is 25.8 Å². The van der Waals surface area contributed by atoms with Crippen molar-refractivity contribution in [2.24, 2.45) is 9.98 Å². The van der Waals surface area contributed by atoms with Gasteiger partial charge in [0.15, 0.2) is 0 Å². The van der Waals surface area contributed by atoms with E-state index in [1.54, 1.807) is 0 Å². The minimum absolute atomic E-state index is 0.859. The van der Waals surface area contributed by atoms with Crippen molar-refractivity contribution >= 4 is 11.7 Å². The Hall–Kier alpha value is -1.26. The summed E-state index contributed by atoms with van der Waals surface area (Å²) in [5.41, 5.74) is 0. The lowest BCUT2D eigenvalue weighted by Crippen LogP contribution is -3.10. The molecule has 0 saturated carbocycles. The van der Waals surface area contributed by atoms with Crippen LogP contribution in [0.5, 0.6) is 0 Å². The summed E-state index contributed by atoms with van der Waals surface area (Å²) >= 11 is 0. The maximum absolute atomic E-state index is 4.29. The Morgan fingerprint density at radius 2 is 1.46 bits per heavy atom. The first-order chi connectivity index (χ1) is 6.27. The van der Waals surface area contributed by atoms with Crippen molar-refractivity contribution in [2.75, 3.05) is 14.1 Å². The molecule has 0 aromatic heterocycles. The standard InChI is InChI=1S/C9H12N4/c1-12-5-3-10-8(12)7-9-11-4-6-13(9)2/h3-6H,7H2,1-2H3/p+2. The maximum Gasteiger partial charge on any atom is 0.217 e. The Bertz CT molecular complexity index is 293. The normalized spacial score (nSPS) is 30.9. The number of amidine groups is 2. The quantitative estimate of drug-likeness (QED) is 0.499. The molecule has 0 amide bonds. The first-order valence-electron chi connectivity index (χ1n) is 4.41. The number of hydrogen-bond donors (Lipinski definition) is 2. The van der Waals surface area contributed by atoms with E-state index in [2.05, 4.69) is 24.1 Å². The van der Waals surface area contributed by atoms with E-state index in [9.17, 15) is 0 Å². The zero-order valence-electron chi connectivity index (χ0n) is 7.91. The number of nitrogens with one attached hydrogen (secondary N) is 2. The van der Waals surface area contributed by atoms with Crippen LogP contribution < -0.4 is 9.80 Å². The van der Waals surface area contributed by atoms with Crippen LogP contribution in [0.2, 0.25) is 0 Å². The fourth-order valence-corrected chi connectivity index (χ4v) is 1.40. The monoisotopic (exact) mass is 178 g/mol. The Balaban J connectivity index is 2.00. The van der Waals surface area contributed by atoms with Gasteiger partial charge in [0.2, 0.25) is 11.7 Å². The van der Waals surface area contributed by atoms with Gasteiger partial charge in [0.25, 0.3) is 0 Å². The number of rotatable bonds is 2. The number of nitrogens with zero attached hydrogens (tertiary/aromatic N) is 2. The first kappa shape index (κ1) is 8.34. The van der Waals surface area contributed by atoms with Crippen molar-refractivity contribution in [1.82, 2.24) is 0 Å². The summed E-state index contributed by atoms with van der Waals surface area (Å²) in [6, 6.07) is 0. The van der Waals surface area contributed by atoms with Crippen LogP contribution >= 0.6 is 0 Å². The van der Waals surface area contributed by atoms with Crippen LogP contribution in [0.4, 0.5) is 0 Å². The Labute approximate surface area is 77.6 Å². The Morgan fingerprint density at radius 1 is 1.00 bits per heavy atom. The van der Waals surface area contributed by atoms with Gasteiger partial charge in [-0.15, -0.1) is 0 Å². The minimum atomic E-state index is 0.859. The second-order valence-electron chi connectivity index (χ2n) is 3.33. The topological polar surface area (TPSA) is 33.6 Å². The molecule has 0 spiro atoms. The number of quaternary nitrogens is 2. The van der Waals surface area contributed by atoms with E-state index in [1.165, 1.54) is 9.80 Å². The highest BCUT2D eigenvalue weighted by atomic mass is 15.2. The molecule has 2 N–H and O–H groups in total. The van der Waals surface area contributed by atoms with Gasteiger partial charge < -0.3 is 0 Å². The summed E-state index contributed by atoms with van der Waals surface area (Å²) in [4.78, 5) is 11.1. The SMILES string of the molecule is C[NH+]1C=CN=C1CC1=NC=C[NH+]1C. The van der Waals surface area contributed by atoms with Crippen LogP contribution in [0.1, 0.15) is 6.42 Å². The fraction of sp³-hybridized carbons (Fsp3) is 0.333. The van der Waals surface area contributed by atoms with Gasteiger partial charge in [-0.25, -0.2) is 9.98 Å². The average Bonchev–Trinajstić information content (AvgIpc) is 2.65. The van der Waals surface area contributed by atoms with Crippen LogP contribution in [0.25, 0.3) is 0 Å². The van der Waals surface area contributed by atoms with E-state index in [-0.39, 0.29) is 0 Å². The van der Waals surface area contributed by atoms with Gasteiger partial charge in [-0.3, -0.25) is 9.80 Å². The Kier molecular flexibility index (Phi) is 2.08. The molecule has 0 saturated heterocycles. The summed E-state index contributed by atoms with van der Waals surface area (Å²) in [7, 11) is 4.17. The number of hydrogen-bond acceptors (Lipinski definition) is 2. The molecule has 0 bridgehead atoms.